The van der Waals surface area contributed by atoms with Crippen LogP contribution in [-0.4, -0.2) is 25.2 Å². The van der Waals surface area contributed by atoms with Gasteiger partial charge in [0.2, 0.25) is 0 Å². The lowest BCUT2D eigenvalue weighted by Gasteiger charge is -2.43. The molecule has 2 rings (SSSR count). The summed E-state index contributed by atoms with van der Waals surface area (Å²) in [5.41, 5.74) is 3.30. The van der Waals surface area contributed by atoms with E-state index in [9.17, 15) is 0 Å². The number of nitrogens with one attached hydrogen (secondary N) is 1. The van der Waals surface area contributed by atoms with E-state index in [0.717, 1.165) is 13.1 Å². The van der Waals surface area contributed by atoms with Crippen LogP contribution in [0.4, 0.5) is 5.69 Å². The Morgan fingerprint density at radius 1 is 1.33 bits per heavy atom. The molecule has 0 aliphatic carbocycles. The van der Waals surface area contributed by atoms with E-state index >= 15 is 0 Å². The van der Waals surface area contributed by atoms with Crippen molar-refractivity contribution in [2.45, 2.75) is 66.0 Å². The van der Waals surface area contributed by atoms with Gasteiger partial charge in [-0.25, -0.2) is 0 Å². The minimum atomic E-state index is 0.322. The summed E-state index contributed by atoms with van der Waals surface area (Å²) in [6, 6.07) is 10.2. The van der Waals surface area contributed by atoms with Crippen LogP contribution in [0, 0.1) is 5.41 Å². The van der Waals surface area contributed by atoms with E-state index in [1.54, 1.807) is 0 Å². The summed E-state index contributed by atoms with van der Waals surface area (Å²) in [6.45, 7) is 13.8. The quantitative estimate of drug-likeness (QED) is 0.842. The monoisotopic (exact) mass is 288 g/mol. The summed E-state index contributed by atoms with van der Waals surface area (Å²) in [6.07, 6.45) is 3.70. The predicted molar refractivity (Wildman–Crippen MR) is 93.1 cm³/mol. The fourth-order valence-electron chi connectivity index (χ4n) is 3.16. The van der Waals surface area contributed by atoms with Gasteiger partial charge in [0.25, 0.3) is 0 Å². The van der Waals surface area contributed by atoms with Crippen LogP contribution in [-0.2, 0) is 6.42 Å². The van der Waals surface area contributed by atoms with Gasteiger partial charge < -0.3 is 10.2 Å². The molecule has 2 heteroatoms. The Morgan fingerprint density at radius 3 is 2.71 bits per heavy atom. The molecular weight excluding hydrogens is 256 g/mol. The summed E-state index contributed by atoms with van der Waals surface area (Å²) in [5, 5.41) is 3.64. The average molecular weight is 288 g/mol. The first kappa shape index (κ1) is 16.4. The van der Waals surface area contributed by atoms with Crippen LogP contribution in [0.2, 0.25) is 0 Å². The topological polar surface area (TPSA) is 15.3 Å². The molecule has 21 heavy (non-hydrogen) atoms. The Kier molecular flexibility index (Phi) is 5.32. The second-order valence-electron chi connectivity index (χ2n) is 7.34. The van der Waals surface area contributed by atoms with Crippen LogP contribution < -0.4 is 10.2 Å². The van der Waals surface area contributed by atoms with E-state index in [4.69, 9.17) is 0 Å². The maximum absolute atomic E-state index is 3.64. The molecule has 0 bridgehead atoms. The fraction of sp³-hybridized carbons (Fsp3) is 0.684. The van der Waals surface area contributed by atoms with E-state index in [-0.39, 0.29) is 0 Å². The van der Waals surface area contributed by atoms with Crippen molar-refractivity contribution in [3.05, 3.63) is 29.8 Å². The molecule has 1 aromatic carbocycles. The highest BCUT2D eigenvalue weighted by Gasteiger charge is 2.30. The molecule has 0 amide bonds. The lowest BCUT2D eigenvalue weighted by Crippen LogP contribution is -2.48. The summed E-state index contributed by atoms with van der Waals surface area (Å²) >= 11 is 0. The zero-order valence-corrected chi connectivity index (χ0v) is 14.4. The first-order chi connectivity index (χ1) is 9.95. The van der Waals surface area contributed by atoms with Gasteiger partial charge in [-0.1, -0.05) is 45.9 Å². The molecule has 0 saturated carbocycles. The number of aryl methyl sites for hydroxylation is 1. The molecule has 1 aromatic rings. The molecule has 1 N–H and O–H groups in total. The fourth-order valence-corrected chi connectivity index (χ4v) is 3.16. The number of rotatable bonds is 6. The van der Waals surface area contributed by atoms with Crippen LogP contribution in [0.25, 0.3) is 0 Å². The Bertz CT molecular complexity index is 455. The third-order valence-electron chi connectivity index (χ3n) is 5.01. The van der Waals surface area contributed by atoms with Gasteiger partial charge in [0, 0.05) is 30.9 Å². The number of benzene rings is 1. The Labute approximate surface area is 130 Å². The number of anilines is 1. The normalized spacial score (nSPS) is 21.2. The Balaban J connectivity index is 2.16. The van der Waals surface area contributed by atoms with Crippen molar-refractivity contribution in [1.82, 2.24) is 5.32 Å². The third kappa shape index (κ3) is 4.00. The van der Waals surface area contributed by atoms with E-state index < -0.39 is 0 Å². The van der Waals surface area contributed by atoms with E-state index in [2.05, 4.69) is 69.1 Å². The zero-order valence-electron chi connectivity index (χ0n) is 14.4. The van der Waals surface area contributed by atoms with Gasteiger partial charge in [0.05, 0.1) is 0 Å². The molecule has 0 fully saturated rings. The second-order valence-corrected chi connectivity index (χ2v) is 7.34. The van der Waals surface area contributed by atoms with Crippen molar-refractivity contribution in [1.29, 1.82) is 0 Å². The maximum atomic E-state index is 3.64. The molecule has 0 saturated heterocycles. The van der Waals surface area contributed by atoms with Crippen LogP contribution in [0.1, 0.15) is 53.0 Å². The average Bonchev–Trinajstić information content (AvgIpc) is 2.48. The predicted octanol–water partition coefficient (Wildman–Crippen LogP) is 4.24. The highest BCUT2D eigenvalue weighted by Crippen LogP contribution is 2.34. The van der Waals surface area contributed by atoms with Crippen LogP contribution in [0.3, 0.4) is 0 Å². The van der Waals surface area contributed by atoms with Gasteiger partial charge in [-0.3, -0.25) is 0 Å². The zero-order chi connectivity index (χ0) is 15.5. The molecule has 0 aromatic heterocycles. The molecule has 0 radical (unpaired) electrons. The lowest BCUT2D eigenvalue weighted by atomic mass is 9.84. The molecule has 2 atom stereocenters. The molecule has 0 spiro atoms. The Morgan fingerprint density at radius 2 is 2.05 bits per heavy atom. The van der Waals surface area contributed by atoms with Crippen LogP contribution in [0.15, 0.2) is 24.3 Å². The van der Waals surface area contributed by atoms with Gasteiger partial charge in [0.15, 0.2) is 0 Å². The Hall–Kier alpha value is -1.02. The van der Waals surface area contributed by atoms with Gasteiger partial charge in [-0.15, -0.1) is 0 Å². The first-order valence-corrected chi connectivity index (χ1v) is 8.53. The molecule has 2 nitrogen and oxygen atoms in total. The van der Waals surface area contributed by atoms with E-state index in [1.165, 1.54) is 30.5 Å². The number of hydrogen-bond acceptors (Lipinski definition) is 2. The van der Waals surface area contributed by atoms with Gasteiger partial charge in [0.1, 0.15) is 0 Å². The summed E-state index contributed by atoms with van der Waals surface area (Å²) in [5.74, 6) is 0. The van der Waals surface area contributed by atoms with Gasteiger partial charge >= 0.3 is 0 Å². The SMILES string of the molecule is CCC(C)(CNC(C)C)CN1c2ccccc2CCC1C. The largest absolute Gasteiger partial charge is 0.368 e. The van der Waals surface area contributed by atoms with Crippen molar-refractivity contribution in [3.8, 4) is 0 Å². The molecule has 118 valence electrons. The van der Waals surface area contributed by atoms with Gasteiger partial charge in [-0.05, 0) is 43.2 Å². The van der Waals surface area contributed by atoms with Crippen molar-refractivity contribution < 1.29 is 0 Å². The van der Waals surface area contributed by atoms with Crippen LogP contribution >= 0.6 is 0 Å². The lowest BCUT2D eigenvalue weighted by molar-refractivity contribution is 0.276. The van der Waals surface area contributed by atoms with Crippen molar-refractivity contribution in [2.24, 2.45) is 5.41 Å². The summed E-state index contributed by atoms with van der Waals surface area (Å²) < 4.78 is 0. The maximum Gasteiger partial charge on any atom is 0.0401 e. The summed E-state index contributed by atoms with van der Waals surface area (Å²) in [7, 11) is 0. The van der Waals surface area contributed by atoms with Crippen molar-refractivity contribution in [2.75, 3.05) is 18.0 Å². The molecule has 1 aliphatic rings. The molecular formula is C19H32N2. The smallest absolute Gasteiger partial charge is 0.0401 e. The first-order valence-electron chi connectivity index (χ1n) is 8.53. The van der Waals surface area contributed by atoms with Crippen molar-refractivity contribution in [3.63, 3.8) is 0 Å². The van der Waals surface area contributed by atoms with E-state index in [0.29, 0.717) is 17.5 Å². The molecule has 2 unspecified atom stereocenters. The highest BCUT2D eigenvalue weighted by molar-refractivity contribution is 5.56. The molecule has 1 aliphatic heterocycles. The third-order valence-corrected chi connectivity index (χ3v) is 5.01. The van der Waals surface area contributed by atoms with Crippen LogP contribution in [0.5, 0.6) is 0 Å². The van der Waals surface area contributed by atoms with E-state index in [1.807, 2.05) is 0 Å². The molecule has 1 heterocycles. The number of nitrogens with zero attached hydrogens (tertiary/aromatic N) is 1. The minimum absolute atomic E-state index is 0.322. The summed E-state index contributed by atoms with van der Waals surface area (Å²) in [4.78, 5) is 2.64. The highest BCUT2D eigenvalue weighted by atomic mass is 15.2. The second kappa shape index (κ2) is 6.83. The van der Waals surface area contributed by atoms with Gasteiger partial charge in [-0.2, -0.15) is 0 Å². The minimum Gasteiger partial charge on any atom is -0.368 e. The van der Waals surface area contributed by atoms with Crippen molar-refractivity contribution >= 4 is 5.69 Å². The number of hydrogen-bond donors (Lipinski definition) is 1. The number of para-hydroxylation sites is 1. The number of fused-ring (bicyclic) bond motifs is 1. The standard InChI is InChI=1S/C19H32N2/c1-6-19(5,13-20-15(2)3)14-21-16(4)11-12-17-9-7-8-10-18(17)21/h7-10,15-16,20H,6,11-14H2,1-5H3.